The number of ether oxygens (including phenoxy) is 2. The summed E-state index contributed by atoms with van der Waals surface area (Å²) in [5.41, 5.74) is 14.6. The first-order valence-corrected chi connectivity index (χ1v) is 27.0. The van der Waals surface area contributed by atoms with Gasteiger partial charge >= 0.3 is 5.97 Å². The van der Waals surface area contributed by atoms with Crippen LogP contribution in [0.4, 0.5) is 11.9 Å². The Morgan fingerprint density at radius 2 is 1.07 bits per heavy atom. The molecule has 19 heteroatoms. The molecule has 6 aromatic rings. The number of anilines is 2. The Labute approximate surface area is 433 Å². The molecule has 384 valence electrons. The van der Waals surface area contributed by atoms with Crippen LogP contribution < -0.4 is 15.1 Å². The Kier molecular flexibility index (Phi) is 16.1. The maximum Gasteiger partial charge on any atom is 0.329 e. The van der Waals surface area contributed by atoms with Gasteiger partial charge in [-0.3, -0.25) is 14.6 Å². The number of morpholine rings is 2. The Morgan fingerprint density at radius 3 is 1.51 bits per heavy atom. The topological polar surface area (TPSA) is 193 Å². The van der Waals surface area contributed by atoms with Crippen LogP contribution in [0, 0.1) is 13.8 Å². The summed E-state index contributed by atoms with van der Waals surface area (Å²) in [5, 5.41) is 27.7. The van der Waals surface area contributed by atoms with E-state index in [0.717, 1.165) is 144 Å². The number of thiophene rings is 2. The highest BCUT2D eigenvalue weighted by atomic mass is 32.1. The largest absolute Gasteiger partial charge is 0.480 e. The van der Waals surface area contributed by atoms with Crippen molar-refractivity contribution in [2.45, 2.75) is 39.8 Å². The average Bonchev–Trinajstić information content (AvgIpc) is 4.25. The summed E-state index contributed by atoms with van der Waals surface area (Å²) in [4.78, 5) is 55.5. The molecule has 4 saturated heterocycles. The summed E-state index contributed by atoms with van der Waals surface area (Å²) in [5.74, 6) is 0.237. The van der Waals surface area contributed by atoms with Crippen molar-refractivity contribution in [2.24, 2.45) is 0 Å². The zero-order chi connectivity index (χ0) is 50.4. The number of hydrogen-bond donors (Lipinski definition) is 4. The summed E-state index contributed by atoms with van der Waals surface area (Å²) in [7, 11) is 0. The fourth-order valence-corrected chi connectivity index (χ4v) is 12.6. The van der Waals surface area contributed by atoms with Gasteiger partial charge in [0.25, 0.3) is 0 Å². The summed E-state index contributed by atoms with van der Waals surface area (Å²) < 4.78 is 13.5. The number of piperazine rings is 2. The predicted octanol–water partition coefficient (Wildman–Crippen LogP) is 5.25. The van der Waals surface area contributed by atoms with Crippen LogP contribution in [0.25, 0.3) is 55.1 Å². The van der Waals surface area contributed by atoms with Gasteiger partial charge in [-0.25, -0.2) is 24.7 Å². The monoisotopic (exact) mass is 1030 g/mol. The van der Waals surface area contributed by atoms with E-state index in [0.29, 0.717) is 26.3 Å². The van der Waals surface area contributed by atoms with Gasteiger partial charge in [0, 0.05) is 124 Å². The molecule has 0 atom stereocenters. The van der Waals surface area contributed by atoms with E-state index >= 15 is 0 Å². The van der Waals surface area contributed by atoms with Crippen LogP contribution in [0.1, 0.15) is 43.1 Å². The van der Waals surface area contributed by atoms with E-state index in [1.165, 1.54) is 59.0 Å². The number of rotatable bonds is 10. The molecular formula is C54H64N10O7S2. The molecular weight excluding hydrogens is 965 g/mol. The maximum absolute atomic E-state index is 11.9. The van der Waals surface area contributed by atoms with Crippen molar-refractivity contribution in [1.82, 2.24) is 40.0 Å². The smallest absolute Gasteiger partial charge is 0.329 e. The second kappa shape index (κ2) is 23.2. The molecule has 0 radical (unpaired) electrons. The van der Waals surface area contributed by atoms with Gasteiger partial charge in [0.2, 0.25) is 17.8 Å². The average molecular weight is 1030 g/mol. The number of hydrogen-bond acceptors (Lipinski definition) is 17. The number of benzene rings is 2. The number of nitrogens with zero attached hydrogens (tertiary/aromatic N) is 9. The third kappa shape index (κ3) is 11.2. The van der Waals surface area contributed by atoms with Gasteiger partial charge in [-0.05, 0) is 48.9 Å². The molecule has 73 heavy (non-hydrogen) atoms. The molecule has 4 fully saturated rings. The number of carbonyl (C=O) groups excluding carboxylic acids is 1. The normalized spacial score (nSPS) is 17.9. The lowest BCUT2D eigenvalue weighted by molar-refractivity contribution is -0.140. The lowest BCUT2D eigenvalue weighted by Crippen LogP contribution is -2.49. The Bertz CT molecular complexity index is 3020. The molecule has 6 aliphatic rings. The lowest BCUT2D eigenvalue weighted by atomic mass is 10.00. The van der Waals surface area contributed by atoms with Crippen LogP contribution in [0.3, 0.4) is 0 Å². The number of aliphatic hydroxyl groups is 2. The molecule has 8 heterocycles. The molecule has 4 aromatic heterocycles. The number of fused-ring (bicyclic) bond motifs is 4. The fourth-order valence-electron chi connectivity index (χ4n) is 10.4. The molecule has 0 bridgehead atoms. The minimum Gasteiger partial charge on any atom is -0.480 e. The number of carbonyl (C=O) groups is 2. The van der Waals surface area contributed by atoms with Gasteiger partial charge < -0.3 is 44.8 Å². The first-order chi connectivity index (χ1) is 35.7. The minimum atomic E-state index is -1.19. The summed E-state index contributed by atoms with van der Waals surface area (Å²) >= 11 is 3.64. The first kappa shape index (κ1) is 50.8. The Morgan fingerprint density at radius 1 is 0.616 bits per heavy atom. The van der Waals surface area contributed by atoms with Crippen LogP contribution >= 0.6 is 22.7 Å². The summed E-state index contributed by atoms with van der Waals surface area (Å²) in [6.07, 6.45) is 10.9. The highest BCUT2D eigenvalue weighted by Crippen LogP contribution is 2.43. The van der Waals surface area contributed by atoms with Gasteiger partial charge in [0.15, 0.2) is 0 Å². The SMILES string of the molecule is Cc1sc2c(-c3cccc4c3C=CC4)nc(N3CCOCC3)nc2c1CN1CCN(C(=O)CO)CC1.Cc1sc2c(-c3cccc4c3C=CC4)nc(N3CCOCC3)nc2c1CN1CCNCC1.O=C(O)CO. The quantitative estimate of drug-likeness (QED) is 0.139. The van der Waals surface area contributed by atoms with E-state index in [1.54, 1.807) is 16.2 Å². The summed E-state index contributed by atoms with van der Waals surface area (Å²) in [6.45, 7) is 18.2. The Balaban J connectivity index is 0.000000154. The van der Waals surface area contributed by atoms with E-state index in [4.69, 9.17) is 44.4 Å². The lowest BCUT2D eigenvalue weighted by Gasteiger charge is -2.34. The van der Waals surface area contributed by atoms with Crippen LogP contribution in [0.5, 0.6) is 0 Å². The van der Waals surface area contributed by atoms with Crippen molar-refractivity contribution in [3.63, 3.8) is 0 Å². The number of nitrogens with one attached hydrogen (secondary N) is 1. The number of carboxylic acids is 1. The van der Waals surface area contributed by atoms with E-state index < -0.39 is 19.2 Å². The molecule has 0 unspecified atom stereocenters. The molecule has 17 nitrogen and oxygen atoms in total. The van der Waals surface area contributed by atoms with Crippen molar-refractivity contribution >= 4 is 79.0 Å². The molecule has 4 N–H and O–H groups in total. The molecule has 1 amide bonds. The zero-order valence-corrected chi connectivity index (χ0v) is 43.3. The number of aliphatic carboxylic acids is 1. The van der Waals surface area contributed by atoms with E-state index in [-0.39, 0.29) is 5.91 Å². The fraction of sp³-hybridized carbons (Fsp3) is 0.444. The van der Waals surface area contributed by atoms with Gasteiger partial charge in [0.1, 0.15) is 13.2 Å². The van der Waals surface area contributed by atoms with Gasteiger partial charge in [-0.2, -0.15) is 0 Å². The minimum absolute atomic E-state index is 0.191. The second-order valence-corrected chi connectivity index (χ2v) is 21.4. The van der Waals surface area contributed by atoms with Gasteiger partial charge in [-0.15, -0.1) is 22.7 Å². The zero-order valence-electron chi connectivity index (χ0n) is 41.6. The molecule has 2 aliphatic carbocycles. The van der Waals surface area contributed by atoms with E-state index in [2.05, 4.69) is 99.5 Å². The standard InChI is InChI=1S/C27H31N5O3S.C25H29N5OS.C2H4O3/c1-18-22(16-30-8-10-31(11-9-30)23(34)17-33)25-26(36-18)24(21-7-3-5-19-4-2-6-20(19)21)28-27(29-25)32-12-14-35-15-13-32;1-17-21(16-29-10-8-26-9-11-29)23-24(32-17)22(20-7-3-5-18-4-2-6-19(18)20)27-25(28-23)30-12-14-31-15-13-30;3-1-2(4)5/h2-3,5-7,33H,4,8-17H2,1H3;2-3,5-7,26H,4,8-16H2,1H3;3H,1H2,(H,4,5). The third-order valence-electron chi connectivity index (χ3n) is 14.3. The van der Waals surface area contributed by atoms with Gasteiger partial charge in [0.05, 0.1) is 58.2 Å². The summed E-state index contributed by atoms with van der Waals surface area (Å²) in [6, 6.07) is 13.2. The first-order valence-electron chi connectivity index (χ1n) is 25.4. The molecule has 0 saturated carbocycles. The number of carboxylic acid groups (broad SMARTS) is 1. The van der Waals surface area contributed by atoms with Crippen LogP contribution in [-0.2, 0) is 45.0 Å². The molecule has 4 aliphatic heterocycles. The maximum atomic E-state index is 11.9. The molecule has 2 aromatic carbocycles. The highest BCUT2D eigenvalue weighted by molar-refractivity contribution is 7.20. The molecule has 0 spiro atoms. The van der Waals surface area contributed by atoms with Crippen molar-refractivity contribution in [3.8, 4) is 22.5 Å². The number of allylic oxidation sites excluding steroid dienone is 2. The van der Waals surface area contributed by atoms with Crippen molar-refractivity contribution < 1.29 is 34.4 Å². The van der Waals surface area contributed by atoms with Crippen LogP contribution in [-0.4, -0.2) is 180 Å². The van der Waals surface area contributed by atoms with Gasteiger partial charge in [-0.1, -0.05) is 60.7 Å². The van der Waals surface area contributed by atoms with Crippen LogP contribution in [0.2, 0.25) is 0 Å². The second-order valence-electron chi connectivity index (χ2n) is 18.9. The van der Waals surface area contributed by atoms with Crippen molar-refractivity contribution in [1.29, 1.82) is 0 Å². The third-order valence-corrected chi connectivity index (χ3v) is 16.6. The highest BCUT2D eigenvalue weighted by Gasteiger charge is 2.28. The number of aromatic nitrogens is 4. The van der Waals surface area contributed by atoms with Crippen LogP contribution in [0.15, 0.2) is 48.6 Å². The van der Waals surface area contributed by atoms with Crippen molar-refractivity contribution in [3.05, 3.63) is 91.7 Å². The number of aliphatic hydroxyl groups excluding tert-OH is 2. The Hall–Kier alpha value is -5.74. The van der Waals surface area contributed by atoms with Crippen molar-refractivity contribution in [2.75, 3.05) is 128 Å². The molecule has 12 rings (SSSR count). The number of amides is 1. The van der Waals surface area contributed by atoms with E-state index in [9.17, 15) is 9.90 Å². The van der Waals surface area contributed by atoms with E-state index in [1.807, 2.05) is 11.3 Å². The number of aryl methyl sites for hydroxylation is 2. The predicted molar refractivity (Wildman–Crippen MR) is 289 cm³/mol.